The number of aldehydes is 1. The van der Waals surface area contributed by atoms with E-state index >= 15 is 0 Å². The van der Waals surface area contributed by atoms with Crippen molar-refractivity contribution in [2.75, 3.05) is 6.61 Å². The first-order valence-electron chi connectivity index (χ1n) is 7.08. The molecule has 0 unspecified atom stereocenters. The summed E-state index contributed by atoms with van der Waals surface area (Å²) in [5.74, 6) is -0.198. The van der Waals surface area contributed by atoms with Crippen molar-refractivity contribution in [2.45, 2.75) is 39.5 Å². The Morgan fingerprint density at radius 2 is 2.00 bits per heavy atom. The molecule has 2 N–H and O–H groups in total. The minimum atomic E-state index is -0.393. The molecule has 1 rings (SSSR count). The first-order chi connectivity index (χ1) is 10.3. The van der Waals surface area contributed by atoms with Crippen molar-refractivity contribution < 1.29 is 24.5 Å². The minimum absolute atomic E-state index is 0.00231. The maximum Gasteiger partial charge on any atom is 0.333 e. The second kappa shape index (κ2) is 10.4. The number of phenolic OH excluding ortho intramolecular Hbond substituents is 2. The number of carbonyl (C=O) groups is 2. The van der Waals surface area contributed by atoms with E-state index in [4.69, 9.17) is 9.84 Å². The molecule has 0 fully saturated rings. The molecule has 0 radical (unpaired) electrons. The molecule has 0 aliphatic rings. The van der Waals surface area contributed by atoms with Crippen LogP contribution in [0.2, 0.25) is 0 Å². The Hall–Kier alpha value is -2.30. The van der Waals surface area contributed by atoms with Gasteiger partial charge in [0.1, 0.15) is 6.29 Å². The minimum Gasteiger partial charge on any atom is -0.504 e. The van der Waals surface area contributed by atoms with Gasteiger partial charge < -0.3 is 19.7 Å². The summed E-state index contributed by atoms with van der Waals surface area (Å²) in [6, 6.07) is 5.01. The molecule has 0 spiro atoms. The zero-order valence-corrected chi connectivity index (χ0v) is 13.3. The Labute approximate surface area is 131 Å². The van der Waals surface area contributed by atoms with Gasteiger partial charge in [0, 0.05) is 17.6 Å². The summed E-state index contributed by atoms with van der Waals surface area (Å²) < 4.78 is 4.71. The third-order valence-corrected chi connectivity index (χ3v) is 2.72. The number of aromatic hydroxyl groups is 2. The van der Waals surface area contributed by atoms with Crippen LogP contribution in [0.5, 0.6) is 11.5 Å². The number of para-hydroxylation sites is 1. The predicted molar refractivity (Wildman–Crippen MR) is 84.9 cm³/mol. The van der Waals surface area contributed by atoms with E-state index in [9.17, 15) is 14.7 Å². The van der Waals surface area contributed by atoms with Crippen molar-refractivity contribution in [3.8, 4) is 11.5 Å². The van der Waals surface area contributed by atoms with E-state index in [1.165, 1.54) is 6.07 Å². The number of benzene rings is 1. The lowest BCUT2D eigenvalue weighted by molar-refractivity contribution is -0.139. The van der Waals surface area contributed by atoms with Gasteiger partial charge in [0.25, 0.3) is 0 Å². The topological polar surface area (TPSA) is 83.8 Å². The molecule has 22 heavy (non-hydrogen) atoms. The summed E-state index contributed by atoms with van der Waals surface area (Å²) in [5, 5.41) is 18.4. The van der Waals surface area contributed by atoms with Crippen LogP contribution in [-0.2, 0) is 14.3 Å². The number of hydrogen-bond donors (Lipinski definition) is 2. The fourth-order valence-electron chi connectivity index (χ4n) is 1.47. The van der Waals surface area contributed by atoms with Crippen LogP contribution in [0, 0.1) is 0 Å². The van der Waals surface area contributed by atoms with Gasteiger partial charge in [-0.05, 0) is 25.3 Å². The molecule has 0 amide bonds. The van der Waals surface area contributed by atoms with Crippen LogP contribution < -0.4 is 0 Å². The van der Waals surface area contributed by atoms with Crippen LogP contribution in [0.3, 0.4) is 0 Å². The Morgan fingerprint density at radius 1 is 1.36 bits per heavy atom. The second-order valence-electron chi connectivity index (χ2n) is 5.09. The number of hydrogen-bond acceptors (Lipinski definition) is 5. The third-order valence-electron chi connectivity index (χ3n) is 2.72. The standard InChI is InChI=1S/C9H12O2.C8H12O3/c1-6(2)7-4-3-5-8(10)9(7)11;1-7(2)8(10)11-6-4-3-5-9/h3-6,10-11H,1-2H3;5H,1,3-4,6H2,2H3. The molecular weight excluding hydrogens is 284 g/mol. The van der Waals surface area contributed by atoms with E-state index in [0.717, 1.165) is 11.8 Å². The van der Waals surface area contributed by atoms with E-state index in [1.807, 2.05) is 13.8 Å². The average Bonchev–Trinajstić information content (AvgIpc) is 2.46. The molecule has 0 saturated heterocycles. The van der Waals surface area contributed by atoms with Gasteiger partial charge >= 0.3 is 5.97 Å². The van der Waals surface area contributed by atoms with Crippen molar-refractivity contribution >= 4 is 12.3 Å². The van der Waals surface area contributed by atoms with Crippen molar-refractivity contribution in [2.24, 2.45) is 0 Å². The zero-order valence-electron chi connectivity index (χ0n) is 13.3. The van der Waals surface area contributed by atoms with E-state index in [1.54, 1.807) is 19.1 Å². The largest absolute Gasteiger partial charge is 0.504 e. The molecule has 0 aromatic heterocycles. The van der Waals surface area contributed by atoms with Crippen molar-refractivity contribution in [3.05, 3.63) is 35.9 Å². The van der Waals surface area contributed by atoms with Gasteiger partial charge in [-0.25, -0.2) is 4.79 Å². The smallest absolute Gasteiger partial charge is 0.333 e. The van der Waals surface area contributed by atoms with Crippen molar-refractivity contribution in [3.63, 3.8) is 0 Å². The van der Waals surface area contributed by atoms with Gasteiger partial charge in [-0.1, -0.05) is 32.6 Å². The maximum absolute atomic E-state index is 10.7. The van der Waals surface area contributed by atoms with E-state index < -0.39 is 5.97 Å². The highest BCUT2D eigenvalue weighted by atomic mass is 16.5. The quantitative estimate of drug-likeness (QED) is 0.277. The first kappa shape index (κ1) is 19.7. The lowest BCUT2D eigenvalue weighted by atomic mass is 10.0. The molecule has 5 nitrogen and oxygen atoms in total. The molecule has 0 aliphatic heterocycles. The average molecular weight is 308 g/mol. The SMILES string of the molecule is C=C(C)C(=O)OCCCC=O.CC(C)c1cccc(O)c1O. The van der Waals surface area contributed by atoms with Crippen LogP contribution in [0.4, 0.5) is 0 Å². The molecule has 1 aromatic carbocycles. The summed E-state index contributed by atoms with van der Waals surface area (Å²) in [6.07, 6.45) is 1.82. The monoisotopic (exact) mass is 308 g/mol. The Bertz CT molecular complexity index is 506. The maximum atomic E-state index is 10.7. The molecule has 0 heterocycles. The van der Waals surface area contributed by atoms with Gasteiger partial charge in [0.05, 0.1) is 6.61 Å². The number of carbonyl (C=O) groups excluding carboxylic acids is 2. The highest BCUT2D eigenvalue weighted by Gasteiger charge is 2.07. The van der Waals surface area contributed by atoms with E-state index in [2.05, 4.69) is 6.58 Å². The van der Waals surface area contributed by atoms with Crippen molar-refractivity contribution in [1.82, 2.24) is 0 Å². The molecular formula is C17H24O5. The first-order valence-corrected chi connectivity index (χ1v) is 7.08. The number of phenols is 2. The lowest BCUT2D eigenvalue weighted by Gasteiger charge is -2.08. The van der Waals surface area contributed by atoms with Crippen LogP contribution in [0.25, 0.3) is 0 Å². The van der Waals surface area contributed by atoms with Crippen LogP contribution in [0.15, 0.2) is 30.4 Å². The second-order valence-corrected chi connectivity index (χ2v) is 5.09. The Kier molecular flexibility index (Phi) is 9.34. The number of ether oxygens (including phenoxy) is 1. The fourth-order valence-corrected chi connectivity index (χ4v) is 1.47. The Balaban J connectivity index is 0.000000401. The summed E-state index contributed by atoms with van der Waals surface area (Å²) in [5.41, 5.74) is 1.17. The number of unbranched alkanes of at least 4 members (excludes halogenated alkanes) is 1. The highest BCUT2D eigenvalue weighted by molar-refractivity contribution is 5.86. The fraction of sp³-hybridized carbons (Fsp3) is 0.412. The molecule has 0 bridgehead atoms. The Morgan fingerprint density at radius 3 is 2.45 bits per heavy atom. The van der Waals surface area contributed by atoms with Crippen LogP contribution in [0.1, 0.15) is 45.1 Å². The van der Waals surface area contributed by atoms with Gasteiger partial charge in [-0.15, -0.1) is 0 Å². The predicted octanol–water partition coefficient (Wildman–Crippen LogP) is 3.31. The van der Waals surface area contributed by atoms with Gasteiger partial charge in [-0.2, -0.15) is 0 Å². The highest BCUT2D eigenvalue weighted by Crippen LogP contribution is 2.32. The van der Waals surface area contributed by atoms with Gasteiger partial charge in [0.2, 0.25) is 0 Å². The number of esters is 1. The van der Waals surface area contributed by atoms with E-state index in [-0.39, 0.29) is 17.4 Å². The lowest BCUT2D eigenvalue weighted by Crippen LogP contribution is -2.06. The summed E-state index contributed by atoms with van der Waals surface area (Å²) in [4.78, 5) is 20.5. The summed E-state index contributed by atoms with van der Waals surface area (Å²) in [6.45, 7) is 9.22. The zero-order chi connectivity index (χ0) is 17.1. The van der Waals surface area contributed by atoms with Crippen molar-refractivity contribution in [1.29, 1.82) is 0 Å². The van der Waals surface area contributed by atoms with Crippen LogP contribution in [-0.4, -0.2) is 29.1 Å². The summed E-state index contributed by atoms with van der Waals surface area (Å²) >= 11 is 0. The van der Waals surface area contributed by atoms with Crippen LogP contribution >= 0.6 is 0 Å². The molecule has 0 saturated carbocycles. The normalized spacial score (nSPS) is 9.64. The number of rotatable bonds is 6. The molecule has 5 heteroatoms. The third kappa shape index (κ3) is 7.47. The summed E-state index contributed by atoms with van der Waals surface area (Å²) in [7, 11) is 0. The molecule has 0 atom stereocenters. The molecule has 1 aromatic rings. The molecule has 0 aliphatic carbocycles. The van der Waals surface area contributed by atoms with Gasteiger partial charge in [-0.3, -0.25) is 0 Å². The van der Waals surface area contributed by atoms with Gasteiger partial charge in [0.15, 0.2) is 11.5 Å². The van der Waals surface area contributed by atoms with E-state index in [0.29, 0.717) is 25.0 Å². The molecule has 122 valence electrons.